The number of halogens is 2. The van der Waals surface area contributed by atoms with E-state index >= 15 is 0 Å². The van der Waals surface area contributed by atoms with Gasteiger partial charge in [0.05, 0.1) is 24.2 Å². The molecule has 0 saturated carbocycles. The van der Waals surface area contributed by atoms with Crippen molar-refractivity contribution in [3.8, 4) is 5.75 Å². The zero-order valence-electron chi connectivity index (χ0n) is 15.3. The molecule has 1 amide bonds. The summed E-state index contributed by atoms with van der Waals surface area (Å²) in [5.41, 5.74) is 0.805. The lowest BCUT2D eigenvalue weighted by Gasteiger charge is -2.14. The predicted octanol–water partition coefficient (Wildman–Crippen LogP) is 2.89. The molecule has 0 aliphatic heterocycles. The Bertz CT molecular complexity index is 791. The number of rotatable bonds is 9. The van der Waals surface area contributed by atoms with Crippen molar-refractivity contribution in [1.82, 2.24) is 15.0 Å². The number of nitrogens with one attached hydrogen (secondary N) is 2. The number of methoxy groups -OCH3 is 1. The van der Waals surface area contributed by atoms with Gasteiger partial charge in [-0.2, -0.15) is 0 Å². The predicted molar refractivity (Wildman–Crippen MR) is 95.8 cm³/mol. The van der Waals surface area contributed by atoms with E-state index in [1.807, 2.05) is 0 Å². The number of ether oxygens (including phenoxy) is 2. The topological polar surface area (TPSA) is 98.3 Å². The summed E-state index contributed by atoms with van der Waals surface area (Å²) in [5.74, 6) is 0.413. The molecule has 1 atom stereocenters. The van der Waals surface area contributed by atoms with E-state index in [2.05, 4.69) is 25.6 Å². The van der Waals surface area contributed by atoms with Gasteiger partial charge >= 0.3 is 0 Å². The molecule has 2 rings (SSSR count). The molecule has 0 radical (unpaired) electrons. The summed E-state index contributed by atoms with van der Waals surface area (Å²) in [7, 11) is 1.54. The van der Waals surface area contributed by atoms with Crippen LogP contribution in [0.1, 0.15) is 24.5 Å². The molecule has 27 heavy (non-hydrogen) atoms. The molecule has 8 nitrogen and oxygen atoms in total. The van der Waals surface area contributed by atoms with Crippen molar-refractivity contribution in [1.29, 1.82) is 0 Å². The SMILES string of the molecule is COCCOc1cnc(NC(C)=O)cc1Nc1nc(C)cc([C@H](F)CF)n1. The van der Waals surface area contributed by atoms with Gasteiger partial charge in [0.25, 0.3) is 0 Å². The maximum absolute atomic E-state index is 13.7. The molecule has 146 valence electrons. The summed E-state index contributed by atoms with van der Waals surface area (Å²) in [6.07, 6.45) is -0.420. The number of pyridine rings is 1. The van der Waals surface area contributed by atoms with Gasteiger partial charge in [-0.25, -0.2) is 23.7 Å². The van der Waals surface area contributed by atoms with Gasteiger partial charge in [0, 0.05) is 25.8 Å². The van der Waals surface area contributed by atoms with Crippen LogP contribution in [0.2, 0.25) is 0 Å². The van der Waals surface area contributed by atoms with Gasteiger partial charge in [-0.05, 0) is 13.0 Å². The fourth-order valence-corrected chi connectivity index (χ4v) is 2.15. The minimum Gasteiger partial charge on any atom is -0.487 e. The van der Waals surface area contributed by atoms with Gasteiger partial charge in [-0.15, -0.1) is 0 Å². The van der Waals surface area contributed by atoms with Crippen LogP contribution in [0, 0.1) is 6.92 Å². The van der Waals surface area contributed by atoms with Gasteiger partial charge < -0.3 is 20.1 Å². The van der Waals surface area contributed by atoms with E-state index in [1.54, 1.807) is 14.0 Å². The van der Waals surface area contributed by atoms with Crippen molar-refractivity contribution in [2.24, 2.45) is 0 Å². The van der Waals surface area contributed by atoms with Crippen LogP contribution in [0.5, 0.6) is 5.75 Å². The highest BCUT2D eigenvalue weighted by Gasteiger charge is 2.15. The largest absolute Gasteiger partial charge is 0.487 e. The number of alkyl halides is 2. The van der Waals surface area contributed by atoms with Crippen LogP contribution in [-0.2, 0) is 9.53 Å². The molecule has 2 aromatic rings. The van der Waals surface area contributed by atoms with E-state index in [0.717, 1.165) is 0 Å². The number of hydrogen-bond acceptors (Lipinski definition) is 7. The summed E-state index contributed by atoms with van der Waals surface area (Å²) < 4.78 is 36.8. The number of carbonyl (C=O) groups excluding carboxylic acids is 1. The van der Waals surface area contributed by atoms with Crippen molar-refractivity contribution in [2.45, 2.75) is 20.0 Å². The van der Waals surface area contributed by atoms with E-state index in [0.29, 0.717) is 23.7 Å². The second-order valence-electron chi connectivity index (χ2n) is 5.59. The Hall–Kier alpha value is -2.88. The van der Waals surface area contributed by atoms with Crippen LogP contribution in [-0.4, -0.2) is 47.9 Å². The zero-order valence-corrected chi connectivity index (χ0v) is 15.3. The van der Waals surface area contributed by atoms with Crippen LogP contribution in [0.25, 0.3) is 0 Å². The average Bonchev–Trinajstić information content (AvgIpc) is 2.62. The Morgan fingerprint density at radius 3 is 2.74 bits per heavy atom. The van der Waals surface area contributed by atoms with Gasteiger partial charge in [0.1, 0.15) is 19.1 Å². The molecule has 2 heterocycles. The first kappa shape index (κ1) is 20.4. The molecule has 0 fully saturated rings. The smallest absolute Gasteiger partial charge is 0.227 e. The lowest BCUT2D eigenvalue weighted by Crippen LogP contribution is -2.11. The number of aromatic nitrogens is 3. The molecular weight excluding hydrogens is 360 g/mol. The quantitative estimate of drug-likeness (QED) is 0.645. The first-order valence-corrected chi connectivity index (χ1v) is 8.15. The second-order valence-corrected chi connectivity index (χ2v) is 5.59. The third kappa shape index (κ3) is 6.10. The van der Waals surface area contributed by atoms with Gasteiger partial charge in [-0.3, -0.25) is 4.79 Å². The summed E-state index contributed by atoms with van der Waals surface area (Å²) >= 11 is 0. The minimum atomic E-state index is -1.84. The number of carbonyl (C=O) groups is 1. The van der Waals surface area contributed by atoms with Crippen LogP contribution in [0.4, 0.5) is 26.2 Å². The molecule has 0 saturated heterocycles. The van der Waals surface area contributed by atoms with E-state index < -0.39 is 12.8 Å². The van der Waals surface area contributed by atoms with Crippen molar-refractivity contribution in [2.75, 3.05) is 37.6 Å². The zero-order chi connectivity index (χ0) is 19.8. The lowest BCUT2D eigenvalue weighted by molar-refractivity contribution is -0.114. The normalized spacial score (nSPS) is 11.7. The van der Waals surface area contributed by atoms with Crippen LogP contribution in [0.3, 0.4) is 0 Å². The lowest BCUT2D eigenvalue weighted by atomic mass is 10.2. The number of nitrogens with zero attached hydrogens (tertiary/aromatic N) is 3. The average molecular weight is 381 g/mol. The Morgan fingerprint density at radius 1 is 1.30 bits per heavy atom. The summed E-state index contributed by atoms with van der Waals surface area (Å²) in [5, 5.41) is 5.46. The molecule has 0 spiro atoms. The molecule has 2 aromatic heterocycles. The van der Waals surface area contributed by atoms with Gasteiger partial charge in [0.15, 0.2) is 11.9 Å². The Labute approximate surface area is 155 Å². The van der Waals surface area contributed by atoms with Crippen LogP contribution in [0.15, 0.2) is 18.3 Å². The van der Waals surface area contributed by atoms with E-state index in [1.165, 1.54) is 25.3 Å². The molecule has 2 N–H and O–H groups in total. The summed E-state index contributed by atoms with van der Waals surface area (Å²) in [6, 6.07) is 2.90. The summed E-state index contributed by atoms with van der Waals surface area (Å²) in [4.78, 5) is 23.5. The number of amides is 1. The Morgan fingerprint density at radius 2 is 2.07 bits per heavy atom. The molecule has 0 aliphatic rings. The maximum Gasteiger partial charge on any atom is 0.227 e. The maximum atomic E-state index is 13.7. The Kier molecular flexibility index (Phi) is 7.35. The third-order valence-corrected chi connectivity index (χ3v) is 3.29. The molecule has 0 aliphatic carbocycles. The van der Waals surface area contributed by atoms with Crippen LogP contribution >= 0.6 is 0 Å². The van der Waals surface area contributed by atoms with Crippen molar-refractivity contribution < 1.29 is 23.0 Å². The van der Waals surface area contributed by atoms with Crippen molar-refractivity contribution in [3.63, 3.8) is 0 Å². The number of hydrogen-bond donors (Lipinski definition) is 2. The van der Waals surface area contributed by atoms with Crippen molar-refractivity contribution >= 4 is 23.4 Å². The highest BCUT2D eigenvalue weighted by atomic mass is 19.2. The summed E-state index contributed by atoms with van der Waals surface area (Å²) in [6.45, 7) is 2.45. The molecule has 0 unspecified atom stereocenters. The minimum absolute atomic E-state index is 0.0644. The highest BCUT2D eigenvalue weighted by molar-refractivity contribution is 5.88. The Balaban J connectivity index is 2.33. The third-order valence-electron chi connectivity index (χ3n) is 3.29. The van der Waals surface area contributed by atoms with E-state index in [9.17, 15) is 13.6 Å². The second kappa shape index (κ2) is 9.72. The van der Waals surface area contributed by atoms with Gasteiger partial charge in [0.2, 0.25) is 11.9 Å². The monoisotopic (exact) mass is 381 g/mol. The fourth-order valence-electron chi connectivity index (χ4n) is 2.15. The van der Waals surface area contributed by atoms with Crippen molar-refractivity contribution in [3.05, 3.63) is 29.7 Å². The molecule has 0 bridgehead atoms. The number of anilines is 3. The van der Waals surface area contributed by atoms with Gasteiger partial charge in [-0.1, -0.05) is 0 Å². The van der Waals surface area contributed by atoms with Crippen LogP contribution < -0.4 is 15.4 Å². The fraction of sp³-hybridized carbons (Fsp3) is 0.412. The highest BCUT2D eigenvalue weighted by Crippen LogP contribution is 2.29. The molecule has 10 heteroatoms. The first-order valence-electron chi connectivity index (χ1n) is 8.15. The standard InChI is InChI=1S/C17H21F2N5O3/c1-10-6-13(12(19)8-18)23-17(21-10)24-14-7-16(22-11(2)25)20-9-15(14)27-5-4-26-3/h6-7,9,12H,4-5,8H2,1-3H3,(H2,20,21,22,23,24,25)/t12-/m1/s1. The number of aryl methyl sites for hydroxylation is 1. The first-order chi connectivity index (χ1) is 12.9. The van der Waals surface area contributed by atoms with E-state index in [4.69, 9.17) is 9.47 Å². The van der Waals surface area contributed by atoms with E-state index in [-0.39, 0.29) is 30.0 Å². The molecule has 0 aromatic carbocycles. The molecular formula is C17H21F2N5O3.